The van der Waals surface area contributed by atoms with Gasteiger partial charge in [0.2, 0.25) is 0 Å². The summed E-state index contributed by atoms with van der Waals surface area (Å²) >= 11 is 5.42. The smallest absolute Gasteiger partial charge is 0.0420 e. The Morgan fingerprint density at radius 3 is 2.90 bits per heavy atom. The minimum absolute atomic E-state index is 0.445. The molecule has 0 bridgehead atoms. The molecule has 0 radical (unpaired) electrons. The van der Waals surface area contributed by atoms with Crippen LogP contribution in [0.25, 0.3) is 0 Å². The van der Waals surface area contributed by atoms with Crippen molar-refractivity contribution in [3.8, 4) is 0 Å². The fourth-order valence-electron chi connectivity index (χ4n) is 2.61. The minimum atomic E-state index is 0.445. The van der Waals surface area contributed by atoms with Gasteiger partial charge in [-0.25, -0.2) is 0 Å². The van der Waals surface area contributed by atoms with Gasteiger partial charge in [0.15, 0.2) is 0 Å². The van der Waals surface area contributed by atoms with Gasteiger partial charge in [0.1, 0.15) is 0 Å². The fourth-order valence-corrected chi connectivity index (χ4v) is 4.29. The molecule has 1 N–H and O–H groups in total. The van der Waals surface area contributed by atoms with Gasteiger partial charge in [0.05, 0.1) is 0 Å². The van der Waals surface area contributed by atoms with E-state index in [2.05, 4.69) is 62.6 Å². The molecule has 2 aromatic rings. The summed E-state index contributed by atoms with van der Waals surface area (Å²) in [6.07, 6.45) is 3.98. The third-order valence-electron chi connectivity index (χ3n) is 3.71. The number of rotatable bonds is 4. The molecular formula is C16H17BrN2S. The first-order chi connectivity index (χ1) is 9.76. The summed E-state index contributed by atoms with van der Waals surface area (Å²) < 4.78 is 1.03. The molecule has 2 nitrogen and oxygen atoms in total. The molecule has 1 aliphatic heterocycles. The molecule has 0 saturated heterocycles. The molecule has 2 heterocycles. The average Bonchev–Trinajstić information content (AvgIpc) is 2.90. The number of pyridine rings is 1. The second kappa shape index (κ2) is 6.29. The summed E-state index contributed by atoms with van der Waals surface area (Å²) in [5.74, 6) is 0. The van der Waals surface area contributed by atoms with E-state index < -0.39 is 0 Å². The van der Waals surface area contributed by atoms with Gasteiger partial charge in [-0.15, -0.1) is 11.8 Å². The first-order valence-corrected chi connectivity index (χ1v) is 8.46. The molecular weight excluding hydrogens is 332 g/mol. The highest BCUT2D eigenvalue weighted by Crippen LogP contribution is 2.38. The third-order valence-corrected chi connectivity index (χ3v) is 5.63. The first-order valence-electron chi connectivity index (χ1n) is 6.78. The van der Waals surface area contributed by atoms with Crippen LogP contribution in [0, 0.1) is 0 Å². The van der Waals surface area contributed by atoms with Gasteiger partial charge in [0.25, 0.3) is 0 Å². The van der Waals surface area contributed by atoms with Crippen LogP contribution in [0.15, 0.2) is 52.0 Å². The molecule has 20 heavy (non-hydrogen) atoms. The number of aromatic nitrogens is 1. The van der Waals surface area contributed by atoms with E-state index in [0.717, 1.165) is 23.0 Å². The summed E-state index contributed by atoms with van der Waals surface area (Å²) in [6.45, 7) is 0. The van der Waals surface area contributed by atoms with E-state index in [9.17, 15) is 0 Å². The Balaban J connectivity index is 1.71. The Labute approximate surface area is 132 Å². The summed E-state index contributed by atoms with van der Waals surface area (Å²) in [4.78, 5) is 5.92. The van der Waals surface area contributed by atoms with Crippen molar-refractivity contribution in [2.24, 2.45) is 0 Å². The lowest BCUT2D eigenvalue weighted by Crippen LogP contribution is -2.37. The molecule has 0 spiro atoms. The zero-order chi connectivity index (χ0) is 13.9. The second-order valence-corrected chi connectivity index (χ2v) is 7.23. The van der Waals surface area contributed by atoms with Crippen molar-refractivity contribution in [1.82, 2.24) is 10.3 Å². The lowest BCUT2D eigenvalue weighted by Gasteiger charge is -2.22. The Bertz CT molecular complexity index is 560. The molecule has 104 valence electrons. The molecule has 2 unspecified atom stereocenters. The van der Waals surface area contributed by atoms with Crippen molar-refractivity contribution in [2.45, 2.75) is 29.0 Å². The minimum Gasteiger partial charge on any atom is -0.315 e. The van der Waals surface area contributed by atoms with Gasteiger partial charge in [-0.2, -0.15) is 0 Å². The number of hydrogen-bond acceptors (Lipinski definition) is 3. The number of likely N-dealkylation sites (N-methyl/N-ethyl adjacent to an activating group) is 1. The molecule has 1 aromatic heterocycles. The van der Waals surface area contributed by atoms with Crippen LogP contribution in [-0.2, 0) is 12.8 Å². The van der Waals surface area contributed by atoms with Crippen molar-refractivity contribution in [1.29, 1.82) is 0 Å². The summed E-state index contributed by atoms with van der Waals surface area (Å²) in [7, 11) is 2.05. The summed E-state index contributed by atoms with van der Waals surface area (Å²) in [5, 5.41) is 4.06. The van der Waals surface area contributed by atoms with Crippen molar-refractivity contribution in [3.05, 3.63) is 58.3 Å². The number of nitrogens with zero attached hydrogens (tertiary/aromatic N) is 1. The van der Waals surface area contributed by atoms with E-state index in [1.165, 1.54) is 10.5 Å². The van der Waals surface area contributed by atoms with Crippen LogP contribution in [0.2, 0.25) is 0 Å². The number of hydrogen-bond donors (Lipinski definition) is 1. The number of halogens is 1. The van der Waals surface area contributed by atoms with Crippen LogP contribution >= 0.6 is 27.7 Å². The predicted octanol–water partition coefficient (Wildman–Crippen LogP) is 3.69. The van der Waals surface area contributed by atoms with Gasteiger partial charge >= 0.3 is 0 Å². The Morgan fingerprint density at radius 2 is 2.20 bits per heavy atom. The highest BCUT2D eigenvalue weighted by Gasteiger charge is 2.28. The molecule has 1 aromatic carbocycles. The maximum absolute atomic E-state index is 4.49. The van der Waals surface area contributed by atoms with E-state index in [0.29, 0.717) is 11.3 Å². The maximum atomic E-state index is 4.49. The van der Waals surface area contributed by atoms with Crippen LogP contribution in [-0.4, -0.2) is 23.3 Å². The maximum Gasteiger partial charge on any atom is 0.0420 e. The second-order valence-electron chi connectivity index (χ2n) is 5.04. The Morgan fingerprint density at radius 1 is 1.35 bits per heavy atom. The SMILES string of the molecule is CNC(Cc1ccc(Br)cn1)C1Cc2ccccc2S1. The molecule has 3 rings (SSSR count). The zero-order valence-corrected chi connectivity index (χ0v) is 13.7. The standard InChI is InChI=1S/C16H17BrN2S/c1-18-14(9-13-7-6-12(17)10-19-13)16-8-11-4-2-3-5-15(11)20-16/h2-7,10,14,16,18H,8-9H2,1H3. The summed E-state index contributed by atoms with van der Waals surface area (Å²) in [6, 6.07) is 13.3. The number of benzene rings is 1. The molecule has 0 aliphatic carbocycles. The van der Waals surface area contributed by atoms with E-state index in [1.807, 2.05) is 25.0 Å². The molecule has 4 heteroatoms. The van der Waals surface area contributed by atoms with Gasteiger partial charge < -0.3 is 5.32 Å². The molecule has 0 fully saturated rings. The van der Waals surface area contributed by atoms with Crippen LogP contribution in [0.4, 0.5) is 0 Å². The van der Waals surface area contributed by atoms with E-state index in [-0.39, 0.29) is 0 Å². The highest BCUT2D eigenvalue weighted by atomic mass is 79.9. The normalized spacial score (nSPS) is 18.8. The highest BCUT2D eigenvalue weighted by molar-refractivity contribution is 9.10. The molecule has 2 atom stereocenters. The van der Waals surface area contributed by atoms with Crippen LogP contribution in [0.5, 0.6) is 0 Å². The number of fused-ring (bicyclic) bond motifs is 1. The average molecular weight is 349 g/mol. The van der Waals surface area contributed by atoms with Gasteiger partial charge in [-0.05, 0) is 53.2 Å². The van der Waals surface area contributed by atoms with Crippen LogP contribution < -0.4 is 5.32 Å². The van der Waals surface area contributed by atoms with Gasteiger partial charge in [0, 0.05) is 39.0 Å². The van der Waals surface area contributed by atoms with Crippen molar-refractivity contribution >= 4 is 27.7 Å². The quantitative estimate of drug-likeness (QED) is 0.911. The monoisotopic (exact) mass is 348 g/mol. The number of nitrogens with one attached hydrogen (secondary N) is 1. The lowest BCUT2D eigenvalue weighted by molar-refractivity contribution is 0.531. The number of thioether (sulfide) groups is 1. The third kappa shape index (κ3) is 3.08. The van der Waals surface area contributed by atoms with Crippen LogP contribution in [0.1, 0.15) is 11.3 Å². The van der Waals surface area contributed by atoms with Gasteiger partial charge in [-0.3, -0.25) is 4.98 Å². The molecule has 1 aliphatic rings. The summed E-state index contributed by atoms with van der Waals surface area (Å²) in [5.41, 5.74) is 2.62. The zero-order valence-electron chi connectivity index (χ0n) is 11.3. The lowest BCUT2D eigenvalue weighted by atomic mass is 10.0. The van der Waals surface area contributed by atoms with Crippen molar-refractivity contribution in [3.63, 3.8) is 0 Å². The predicted molar refractivity (Wildman–Crippen MR) is 88.3 cm³/mol. The Kier molecular flexibility index (Phi) is 4.44. The molecule has 0 amide bonds. The first kappa shape index (κ1) is 14.1. The fraction of sp³-hybridized carbons (Fsp3) is 0.312. The van der Waals surface area contributed by atoms with Crippen molar-refractivity contribution in [2.75, 3.05) is 7.05 Å². The topological polar surface area (TPSA) is 24.9 Å². The molecule has 0 saturated carbocycles. The van der Waals surface area contributed by atoms with E-state index in [1.54, 1.807) is 0 Å². The van der Waals surface area contributed by atoms with Crippen molar-refractivity contribution < 1.29 is 0 Å². The van der Waals surface area contributed by atoms with Crippen LogP contribution in [0.3, 0.4) is 0 Å². The Hall–Kier alpha value is -0.840. The van der Waals surface area contributed by atoms with Gasteiger partial charge in [-0.1, -0.05) is 18.2 Å². The largest absolute Gasteiger partial charge is 0.315 e. The van der Waals surface area contributed by atoms with E-state index >= 15 is 0 Å². The van der Waals surface area contributed by atoms with E-state index in [4.69, 9.17) is 0 Å².